The van der Waals surface area contributed by atoms with E-state index in [0.717, 1.165) is 16.7 Å². The molecule has 7 heteroatoms. The fraction of sp³-hybridized carbons (Fsp3) is 0.200. The van der Waals surface area contributed by atoms with Crippen LogP contribution in [-0.4, -0.2) is 40.6 Å². The molecule has 0 saturated heterocycles. The largest absolute Gasteiger partial charge is 0.462 e. The number of H-pyrrole nitrogens is 1. The van der Waals surface area contributed by atoms with E-state index in [4.69, 9.17) is 9.47 Å². The van der Waals surface area contributed by atoms with E-state index in [1.165, 1.54) is 0 Å². The predicted octanol–water partition coefficient (Wildman–Crippen LogP) is 3.49. The van der Waals surface area contributed by atoms with Crippen molar-refractivity contribution in [3.05, 3.63) is 59.8 Å². The van der Waals surface area contributed by atoms with Gasteiger partial charge in [0, 0.05) is 5.56 Å². The number of rotatable bonds is 6. The van der Waals surface area contributed by atoms with Crippen LogP contribution in [0.15, 0.2) is 48.5 Å². The second-order valence-electron chi connectivity index (χ2n) is 5.58. The monoisotopic (exact) mass is 365 g/mol. The van der Waals surface area contributed by atoms with Crippen molar-refractivity contribution in [1.82, 2.24) is 15.4 Å². The highest BCUT2D eigenvalue weighted by atomic mass is 16.5. The second-order valence-corrected chi connectivity index (χ2v) is 5.58. The Hall–Kier alpha value is -3.48. The van der Waals surface area contributed by atoms with Crippen molar-refractivity contribution in [2.75, 3.05) is 13.2 Å². The van der Waals surface area contributed by atoms with Crippen molar-refractivity contribution in [3.63, 3.8) is 0 Å². The molecule has 1 aromatic heterocycles. The third-order valence-corrected chi connectivity index (χ3v) is 3.91. The maximum Gasteiger partial charge on any atom is 0.361 e. The van der Waals surface area contributed by atoms with Crippen LogP contribution in [0.3, 0.4) is 0 Å². The second kappa shape index (κ2) is 8.27. The fourth-order valence-electron chi connectivity index (χ4n) is 2.70. The first kappa shape index (κ1) is 18.3. The highest BCUT2D eigenvalue weighted by Gasteiger charge is 2.21. The Bertz CT molecular complexity index is 948. The van der Waals surface area contributed by atoms with Crippen LogP contribution in [0.5, 0.6) is 0 Å². The summed E-state index contributed by atoms with van der Waals surface area (Å²) in [6.45, 7) is 4.08. The first-order valence-electron chi connectivity index (χ1n) is 8.60. The molecular formula is C20H19N3O4. The molecule has 7 nitrogen and oxygen atoms in total. The van der Waals surface area contributed by atoms with Gasteiger partial charge < -0.3 is 9.47 Å². The summed E-state index contributed by atoms with van der Waals surface area (Å²) >= 11 is 0. The van der Waals surface area contributed by atoms with Gasteiger partial charge in [-0.05, 0) is 37.1 Å². The number of nitrogens with zero attached hydrogens (tertiary/aromatic N) is 2. The predicted molar refractivity (Wildman–Crippen MR) is 99.2 cm³/mol. The fourth-order valence-corrected chi connectivity index (χ4v) is 2.70. The van der Waals surface area contributed by atoms with Gasteiger partial charge in [0.25, 0.3) is 0 Å². The molecule has 3 rings (SSSR count). The summed E-state index contributed by atoms with van der Waals surface area (Å²) in [5, 5.41) is 10.6. The summed E-state index contributed by atoms with van der Waals surface area (Å²) in [7, 11) is 0. The molecule has 0 aliphatic carbocycles. The number of hydrogen-bond donors (Lipinski definition) is 1. The van der Waals surface area contributed by atoms with E-state index < -0.39 is 5.97 Å². The van der Waals surface area contributed by atoms with Gasteiger partial charge in [-0.2, -0.15) is 10.3 Å². The maximum atomic E-state index is 12.1. The quantitative estimate of drug-likeness (QED) is 0.672. The van der Waals surface area contributed by atoms with Crippen molar-refractivity contribution in [1.29, 1.82) is 0 Å². The van der Waals surface area contributed by atoms with E-state index in [-0.39, 0.29) is 18.3 Å². The first-order chi connectivity index (χ1) is 13.2. The number of nitrogens with one attached hydrogen (secondary N) is 1. The zero-order valence-corrected chi connectivity index (χ0v) is 15.1. The van der Waals surface area contributed by atoms with Gasteiger partial charge in [-0.1, -0.05) is 36.4 Å². The normalized spacial score (nSPS) is 10.4. The lowest BCUT2D eigenvalue weighted by Gasteiger charge is -2.09. The van der Waals surface area contributed by atoms with Crippen LogP contribution >= 0.6 is 0 Å². The van der Waals surface area contributed by atoms with Gasteiger partial charge in [0.15, 0.2) is 5.69 Å². The molecule has 0 amide bonds. The molecule has 0 unspecified atom stereocenters. The minimum atomic E-state index is -0.534. The molecular weight excluding hydrogens is 346 g/mol. The molecule has 0 saturated carbocycles. The molecule has 0 radical (unpaired) electrons. The topological polar surface area (TPSA) is 94.2 Å². The van der Waals surface area contributed by atoms with E-state index in [9.17, 15) is 9.59 Å². The lowest BCUT2D eigenvalue weighted by Crippen LogP contribution is -2.07. The number of benzene rings is 2. The molecule has 2 aromatic carbocycles. The first-order valence-corrected chi connectivity index (χ1v) is 8.60. The molecule has 0 aliphatic rings. The summed E-state index contributed by atoms with van der Waals surface area (Å²) in [6.07, 6.45) is 0. The number of carbonyl (C=O) groups excluding carboxylic acids is 2. The minimum absolute atomic E-state index is 0.132. The Morgan fingerprint density at radius 2 is 1.48 bits per heavy atom. The highest BCUT2D eigenvalue weighted by molar-refractivity contribution is 5.97. The van der Waals surface area contributed by atoms with Crippen LogP contribution in [-0.2, 0) is 9.47 Å². The molecule has 0 spiro atoms. The molecule has 0 atom stereocenters. The Morgan fingerprint density at radius 1 is 0.852 bits per heavy atom. The minimum Gasteiger partial charge on any atom is -0.462 e. The Kier molecular flexibility index (Phi) is 5.61. The molecule has 3 aromatic rings. The van der Waals surface area contributed by atoms with Gasteiger partial charge >= 0.3 is 11.9 Å². The van der Waals surface area contributed by atoms with Gasteiger partial charge in [0.05, 0.1) is 18.8 Å². The summed E-state index contributed by atoms with van der Waals surface area (Å²) in [4.78, 5) is 24.0. The van der Waals surface area contributed by atoms with Gasteiger partial charge in [-0.25, -0.2) is 9.59 Å². The third kappa shape index (κ3) is 3.87. The number of aromatic amines is 1. The van der Waals surface area contributed by atoms with Crippen molar-refractivity contribution in [2.24, 2.45) is 0 Å². The van der Waals surface area contributed by atoms with Gasteiger partial charge in [-0.3, -0.25) is 0 Å². The summed E-state index contributed by atoms with van der Waals surface area (Å²) in [6, 6.07) is 14.6. The van der Waals surface area contributed by atoms with Crippen LogP contribution in [0, 0.1) is 0 Å². The zero-order chi connectivity index (χ0) is 19.2. The number of carbonyl (C=O) groups is 2. The highest BCUT2D eigenvalue weighted by Crippen LogP contribution is 2.32. The van der Waals surface area contributed by atoms with Crippen molar-refractivity contribution in [2.45, 2.75) is 13.8 Å². The molecule has 0 fully saturated rings. The SMILES string of the molecule is CCOC(=O)c1ccc(-c2ccccc2-c2n[nH]nc2C(=O)OCC)cc1. The van der Waals surface area contributed by atoms with Crippen molar-refractivity contribution in [3.8, 4) is 22.4 Å². The Balaban J connectivity index is 2.00. The molecule has 138 valence electrons. The van der Waals surface area contributed by atoms with E-state index >= 15 is 0 Å². The van der Waals surface area contributed by atoms with Crippen molar-refractivity contribution >= 4 is 11.9 Å². The van der Waals surface area contributed by atoms with Crippen LogP contribution in [0.25, 0.3) is 22.4 Å². The summed E-state index contributed by atoms with van der Waals surface area (Å²) in [5.74, 6) is -0.896. The number of esters is 2. The molecule has 0 aliphatic heterocycles. The smallest absolute Gasteiger partial charge is 0.361 e. The molecule has 1 N–H and O–H groups in total. The van der Waals surface area contributed by atoms with E-state index in [2.05, 4.69) is 15.4 Å². The van der Waals surface area contributed by atoms with E-state index in [0.29, 0.717) is 17.9 Å². The molecule has 1 heterocycles. The third-order valence-electron chi connectivity index (χ3n) is 3.91. The van der Waals surface area contributed by atoms with Crippen LogP contribution in [0.1, 0.15) is 34.7 Å². The Morgan fingerprint density at radius 3 is 2.15 bits per heavy atom. The zero-order valence-electron chi connectivity index (χ0n) is 15.1. The summed E-state index contributed by atoms with van der Waals surface area (Å²) < 4.78 is 10.1. The standard InChI is InChI=1S/C20H19N3O4/c1-3-26-19(24)14-11-9-13(10-12-14)15-7-5-6-8-16(15)17-18(22-23-21-17)20(25)27-4-2/h5-12H,3-4H2,1-2H3,(H,21,22,23). The Labute approximate surface area is 156 Å². The lowest BCUT2D eigenvalue weighted by atomic mass is 9.96. The van der Waals surface area contributed by atoms with Gasteiger partial charge in [-0.15, -0.1) is 5.10 Å². The van der Waals surface area contributed by atoms with Crippen LogP contribution in [0.4, 0.5) is 0 Å². The molecule has 0 bridgehead atoms. The van der Waals surface area contributed by atoms with Crippen molar-refractivity contribution < 1.29 is 19.1 Å². The maximum absolute atomic E-state index is 12.1. The van der Waals surface area contributed by atoms with E-state index in [1.807, 2.05) is 36.4 Å². The summed E-state index contributed by atoms with van der Waals surface area (Å²) in [5.41, 5.74) is 3.49. The average Bonchev–Trinajstić information content (AvgIpc) is 3.18. The van der Waals surface area contributed by atoms with E-state index in [1.54, 1.807) is 26.0 Å². The number of ether oxygens (including phenoxy) is 2. The van der Waals surface area contributed by atoms with Crippen LogP contribution in [0.2, 0.25) is 0 Å². The van der Waals surface area contributed by atoms with Crippen LogP contribution < -0.4 is 0 Å². The number of hydrogen-bond acceptors (Lipinski definition) is 6. The average molecular weight is 365 g/mol. The molecule has 27 heavy (non-hydrogen) atoms. The number of aromatic nitrogens is 3. The lowest BCUT2D eigenvalue weighted by molar-refractivity contribution is 0.0513. The van der Waals surface area contributed by atoms with Gasteiger partial charge in [0.2, 0.25) is 0 Å². The van der Waals surface area contributed by atoms with Gasteiger partial charge in [0.1, 0.15) is 5.69 Å².